The Hall–Kier alpha value is -0.170. The summed E-state index contributed by atoms with van der Waals surface area (Å²) in [5.41, 5.74) is 9.89. The molecule has 0 aliphatic carbocycles. The van der Waals surface area contributed by atoms with Gasteiger partial charge in [-0.05, 0) is 0 Å². The SMILES string of the molecule is C=C.NC(CS)C(=O)O.NCCS. The molecule has 0 saturated heterocycles. The molecule has 1 atom stereocenters. The fraction of sp³-hybridized carbons (Fsp3) is 0.571. The van der Waals surface area contributed by atoms with Crippen LogP contribution in [0.1, 0.15) is 0 Å². The first kappa shape index (κ1) is 18.6. The molecule has 0 heterocycles. The predicted octanol–water partition coefficient (Wildman–Crippen LogP) is 0.00520. The number of carboxylic acid groups (broad SMARTS) is 1. The van der Waals surface area contributed by atoms with Gasteiger partial charge in [-0.15, -0.1) is 13.2 Å². The lowest BCUT2D eigenvalue weighted by atomic mass is 10.4. The summed E-state index contributed by atoms with van der Waals surface area (Å²) in [7, 11) is 0. The molecule has 0 fully saturated rings. The van der Waals surface area contributed by atoms with Gasteiger partial charge in [-0.25, -0.2) is 0 Å². The van der Waals surface area contributed by atoms with Crippen LogP contribution in [0, 0.1) is 0 Å². The molecule has 13 heavy (non-hydrogen) atoms. The Morgan fingerprint density at radius 1 is 1.46 bits per heavy atom. The van der Waals surface area contributed by atoms with Crippen LogP contribution in [-0.4, -0.2) is 35.2 Å². The second-order valence-electron chi connectivity index (χ2n) is 1.64. The van der Waals surface area contributed by atoms with E-state index in [1.54, 1.807) is 0 Å². The van der Waals surface area contributed by atoms with E-state index in [0.717, 1.165) is 5.75 Å². The van der Waals surface area contributed by atoms with Gasteiger partial charge in [0.05, 0.1) is 0 Å². The monoisotopic (exact) mass is 226 g/mol. The molecule has 0 aliphatic rings. The van der Waals surface area contributed by atoms with Gasteiger partial charge < -0.3 is 16.6 Å². The molecule has 0 aromatic carbocycles. The fourth-order valence-corrected chi connectivity index (χ4v) is 0.234. The van der Waals surface area contributed by atoms with Crippen LogP contribution in [0.2, 0.25) is 0 Å². The van der Waals surface area contributed by atoms with E-state index < -0.39 is 12.0 Å². The topological polar surface area (TPSA) is 89.3 Å². The molecule has 0 saturated carbocycles. The zero-order valence-corrected chi connectivity index (χ0v) is 9.31. The maximum Gasteiger partial charge on any atom is 0.321 e. The molecule has 0 aromatic heterocycles. The van der Waals surface area contributed by atoms with E-state index in [1.807, 2.05) is 0 Å². The van der Waals surface area contributed by atoms with E-state index in [4.69, 9.17) is 16.6 Å². The van der Waals surface area contributed by atoms with Gasteiger partial charge in [0.1, 0.15) is 6.04 Å². The summed E-state index contributed by atoms with van der Waals surface area (Å²) >= 11 is 7.44. The number of rotatable bonds is 3. The van der Waals surface area contributed by atoms with Crippen molar-refractivity contribution in [2.45, 2.75) is 6.04 Å². The molecule has 80 valence electrons. The van der Waals surface area contributed by atoms with Gasteiger partial charge in [0.15, 0.2) is 0 Å². The Morgan fingerprint density at radius 2 is 1.77 bits per heavy atom. The number of thiol groups is 2. The van der Waals surface area contributed by atoms with E-state index in [0.29, 0.717) is 6.54 Å². The van der Waals surface area contributed by atoms with Crippen LogP contribution in [0.15, 0.2) is 13.2 Å². The van der Waals surface area contributed by atoms with Crippen molar-refractivity contribution in [3.63, 3.8) is 0 Å². The molecule has 0 spiro atoms. The van der Waals surface area contributed by atoms with Crippen LogP contribution in [-0.2, 0) is 4.79 Å². The van der Waals surface area contributed by atoms with Gasteiger partial charge in [0.25, 0.3) is 0 Å². The van der Waals surface area contributed by atoms with Crippen molar-refractivity contribution in [1.29, 1.82) is 0 Å². The minimum atomic E-state index is -1.00. The van der Waals surface area contributed by atoms with E-state index in [2.05, 4.69) is 38.4 Å². The summed E-state index contributed by atoms with van der Waals surface area (Å²) in [6, 6.07) is -0.816. The largest absolute Gasteiger partial charge is 0.480 e. The van der Waals surface area contributed by atoms with Crippen molar-refractivity contribution in [3.8, 4) is 0 Å². The minimum absolute atomic E-state index is 0.190. The van der Waals surface area contributed by atoms with Crippen molar-refractivity contribution in [2.24, 2.45) is 11.5 Å². The highest BCUT2D eigenvalue weighted by atomic mass is 32.1. The minimum Gasteiger partial charge on any atom is -0.480 e. The van der Waals surface area contributed by atoms with E-state index in [9.17, 15) is 4.79 Å². The number of nitrogens with two attached hydrogens (primary N) is 2. The molecule has 0 radical (unpaired) electrons. The number of hydrogen-bond acceptors (Lipinski definition) is 5. The molecular weight excluding hydrogens is 208 g/mol. The highest BCUT2D eigenvalue weighted by Crippen LogP contribution is 1.80. The first-order chi connectivity index (χ1) is 6.09. The second-order valence-corrected chi connectivity index (χ2v) is 2.45. The Kier molecular flexibility index (Phi) is 25.4. The molecule has 0 aliphatic heterocycles. The molecule has 1 unspecified atom stereocenters. The van der Waals surface area contributed by atoms with Gasteiger partial charge in [0, 0.05) is 18.1 Å². The molecule has 0 rings (SSSR count). The maximum atomic E-state index is 9.76. The molecule has 0 amide bonds. The summed E-state index contributed by atoms with van der Waals surface area (Å²) in [4.78, 5) is 9.76. The Morgan fingerprint density at radius 3 is 1.77 bits per heavy atom. The van der Waals surface area contributed by atoms with Crippen LogP contribution in [0.3, 0.4) is 0 Å². The second kappa shape index (κ2) is 17.8. The van der Waals surface area contributed by atoms with Crippen molar-refractivity contribution >= 4 is 31.2 Å². The van der Waals surface area contributed by atoms with Crippen molar-refractivity contribution in [1.82, 2.24) is 0 Å². The molecular formula is C7H18N2O2S2. The third-order valence-electron chi connectivity index (χ3n) is 0.643. The molecule has 0 aromatic rings. The number of aliphatic carboxylic acids is 1. The van der Waals surface area contributed by atoms with Crippen molar-refractivity contribution in [3.05, 3.63) is 13.2 Å². The smallest absolute Gasteiger partial charge is 0.321 e. The van der Waals surface area contributed by atoms with Gasteiger partial charge in [-0.1, -0.05) is 0 Å². The van der Waals surface area contributed by atoms with Gasteiger partial charge in [0.2, 0.25) is 0 Å². The number of hydrogen-bond donors (Lipinski definition) is 5. The van der Waals surface area contributed by atoms with Crippen molar-refractivity contribution in [2.75, 3.05) is 18.1 Å². The van der Waals surface area contributed by atoms with Crippen molar-refractivity contribution < 1.29 is 9.90 Å². The number of carboxylic acids is 1. The Labute approximate surface area is 90.2 Å². The third kappa shape index (κ3) is 24.5. The lowest BCUT2D eigenvalue weighted by Crippen LogP contribution is -2.31. The zero-order valence-electron chi connectivity index (χ0n) is 7.52. The summed E-state index contributed by atoms with van der Waals surface area (Å²) in [5, 5.41) is 8.01. The maximum absolute atomic E-state index is 9.76. The molecule has 6 heteroatoms. The Balaban J connectivity index is -0.000000142. The molecule has 4 nitrogen and oxygen atoms in total. The van der Waals surface area contributed by atoms with Gasteiger partial charge >= 0.3 is 5.97 Å². The zero-order chi connectivity index (χ0) is 11.3. The molecule has 0 bridgehead atoms. The summed E-state index contributed by atoms with van der Waals surface area (Å²) in [6.45, 7) is 6.68. The van der Waals surface area contributed by atoms with Gasteiger partial charge in [-0.3, -0.25) is 4.79 Å². The standard InChI is InChI=1S/C3H7NO2S.C2H7NS.C2H4/c4-2(1-7)3(5)6;3-1-2-4;1-2/h2,7H,1,4H2,(H,5,6);4H,1-3H2;1-2H2. The third-order valence-corrected chi connectivity index (χ3v) is 1.29. The Bertz CT molecular complexity index is 113. The van der Waals surface area contributed by atoms with Crippen LogP contribution in [0.5, 0.6) is 0 Å². The lowest BCUT2D eigenvalue weighted by molar-refractivity contribution is -0.137. The highest BCUT2D eigenvalue weighted by molar-refractivity contribution is 7.80. The number of carbonyl (C=O) groups is 1. The normalized spacial score (nSPS) is 9.85. The molecule has 5 N–H and O–H groups in total. The summed E-state index contributed by atoms with van der Waals surface area (Å²) < 4.78 is 0. The lowest BCUT2D eigenvalue weighted by Gasteiger charge is -1.96. The van der Waals surface area contributed by atoms with Crippen LogP contribution in [0.4, 0.5) is 0 Å². The fourth-order valence-electron chi connectivity index (χ4n) is 0.0781. The van der Waals surface area contributed by atoms with Crippen LogP contribution in [0.25, 0.3) is 0 Å². The first-order valence-electron chi connectivity index (χ1n) is 3.50. The highest BCUT2D eigenvalue weighted by Gasteiger charge is 2.06. The predicted molar refractivity (Wildman–Crippen MR) is 63.6 cm³/mol. The van der Waals surface area contributed by atoms with Gasteiger partial charge in [-0.2, -0.15) is 25.3 Å². The quantitative estimate of drug-likeness (QED) is 0.346. The average Bonchev–Trinajstić information content (AvgIpc) is 2.19. The van der Waals surface area contributed by atoms with Crippen LogP contribution >= 0.6 is 25.3 Å². The first-order valence-corrected chi connectivity index (χ1v) is 4.76. The average molecular weight is 226 g/mol. The van der Waals surface area contributed by atoms with E-state index in [-0.39, 0.29) is 5.75 Å². The summed E-state index contributed by atoms with van der Waals surface area (Å²) in [5.74, 6) is -0.0231. The van der Waals surface area contributed by atoms with Crippen LogP contribution < -0.4 is 11.5 Å². The van der Waals surface area contributed by atoms with E-state index >= 15 is 0 Å². The summed E-state index contributed by atoms with van der Waals surface area (Å²) in [6.07, 6.45) is 0. The van der Waals surface area contributed by atoms with E-state index in [1.165, 1.54) is 0 Å².